The maximum absolute atomic E-state index is 11.5. The molecule has 0 aromatic heterocycles. The lowest BCUT2D eigenvalue weighted by Crippen LogP contribution is -2.17. The number of benzene rings is 1. The monoisotopic (exact) mass is 327 g/mol. The minimum Gasteiger partial charge on any atom is -0.493 e. The normalized spacial score (nSPS) is 17.1. The predicted molar refractivity (Wildman–Crippen MR) is 74.4 cm³/mol. The van der Waals surface area contributed by atoms with Crippen molar-refractivity contribution in [3.63, 3.8) is 0 Å². The number of carbonyl (C=O) groups excluding carboxylic acids is 2. The summed E-state index contributed by atoms with van der Waals surface area (Å²) in [5.74, 6) is 0.313. The zero-order valence-corrected chi connectivity index (χ0v) is 11.9. The summed E-state index contributed by atoms with van der Waals surface area (Å²) in [5, 5.41) is 1.87. The minimum atomic E-state index is -0.368. The summed E-state index contributed by atoms with van der Waals surface area (Å²) in [5.41, 5.74) is 0.763. The molecule has 6 heteroatoms. The smallest absolute Gasteiger partial charge is 0.290 e. The number of nitrogens with one attached hydrogen (secondary N) is 1. The molecule has 0 spiro atoms. The first kappa shape index (κ1) is 13.2. The summed E-state index contributed by atoms with van der Waals surface area (Å²) in [6.45, 7) is 2.43. The van der Waals surface area contributed by atoms with Crippen LogP contribution in [0.2, 0.25) is 0 Å². The van der Waals surface area contributed by atoms with Crippen molar-refractivity contribution in [1.29, 1.82) is 0 Å². The Morgan fingerprint density at radius 3 is 2.83 bits per heavy atom. The minimum absolute atomic E-state index is 0.348. The molecule has 18 heavy (non-hydrogen) atoms. The van der Waals surface area contributed by atoms with Crippen LogP contribution >= 0.6 is 27.7 Å². The zero-order chi connectivity index (χ0) is 13.1. The van der Waals surface area contributed by atoms with Gasteiger partial charge in [0.15, 0.2) is 0 Å². The summed E-state index contributed by atoms with van der Waals surface area (Å²) in [7, 11) is 0. The molecular formula is C12H10BrNO3S. The molecule has 1 aromatic carbocycles. The molecule has 1 aliphatic heterocycles. The van der Waals surface area contributed by atoms with Crippen LogP contribution in [0.3, 0.4) is 0 Å². The second-order valence-electron chi connectivity index (χ2n) is 3.47. The van der Waals surface area contributed by atoms with E-state index < -0.39 is 0 Å². The van der Waals surface area contributed by atoms with Crippen LogP contribution < -0.4 is 10.1 Å². The maximum atomic E-state index is 11.5. The molecule has 1 N–H and O–H groups in total. The lowest BCUT2D eigenvalue weighted by molar-refractivity contribution is -0.115. The number of rotatable bonds is 3. The summed E-state index contributed by atoms with van der Waals surface area (Å²) in [6, 6.07) is 5.52. The second kappa shape index (κ2) is 5.58. The van der Waals surface area contributed by atoms with Crippen LogP contribution in [-0.2, 0) is 4.79 Å². The van der Waals surface area contributed by atoms with Gasteiger partial charge in [0, 0.05) is 10.0 Å². The molecule has 0 atom stereocenters. The van der Waals surface area contributed by atoms with Crippen molar-refractivity contribution in [1.82, 2.24) is 5.32 Å². The first-order chi connectivity index (χ1) is 8.60. The van der Waals surface area contributed by atoms with Crippen molar-refractivity contribution in [3.8, 4) is 5.75 Å². The van der Waals surface area contributed by atoms with E-state index in [2.05, 4.69) is 21.2 Å². The number of hydrogen-bond acceptors (Lipinski definition) is 4. The second-order valence-corrected chi connectivity index (χ2v) is 5.40. The fraction of sp³-hybridized carbons (Fsp3) is 0.167. The van der Waals surface area contributed by atoms with Gasteiger partial charge in [-0.25, -0.2) is 0 Å². The third-order valence-corrected chi connectivity index (χ3v) is 3.50. The molecule has 0 unspecified atom stereocenters. The molecule has 0 radical (unpaired) electrons. The van der Waals surface area contributed by atoms with Crippen molar-refractivity contribution in [3.05, 3.63) is 33.1 Å². The van der Waals surface area contributed by atoms with E-state index in [-0.39, 0.29) is 11.1 Å². The lowest BCUT2D eigenvalue weighted by Gasteiger charge is -2.07. The van der Waals surface area contributed by atoms with E-state index in [1.165, 1.54) is 0 Å². The number of thioether (sulfide) groups is 1. The Morgan fingerprint density at radius 1 is 1.44 bits per heavy atom. The molecule has 94 valence electrons. The molecule has 1 saturated heterocycles. The lowest BCUT2D eigenvalue weighted by atomic mass is 10.2. The number of ether oxygens (including phenoxy) is 1. The van der Waals surface area contributed by atoms with Gasteiger partial charge in [-0.3, -0.25) is 14.9 Å². The van der Waals surface area contributed by atoms with Crippen molar-refractivity contribution < 1.29 is 14.3 Å². The van der Waals surface area contributed by atoms with Crippen molar-refractivity contribution in [2.45, 2.75) is 6.92 Å². The number of carbonyl (C=O) groups is 2. The van der Waals surface area contributed by atoms with E-state index in [9.17, 15) is 9.59 Å². The van der Waals surface area contributed by atoms with Gasteiger partial charge >= 0.3 is 0 Å². The van der Waals surface area contributed by atoms with E-state index >= 15 is 0 Å². The fourth-order valence-corrected chi connectivity index (χ4v) is 2.53. The summed E-state index contributed by atoms with van der Waals surface area (Å²) in [6.07, 6.45) is 1.65. The molecular weight excluding hydrogens is 318 g/mol. The molecule has 0 bridgehead atoms. The quantitative estimate of drug-likeness (QED) is 0.866. The topological polar surface area (TPSA) is 55.4 Å². The molecule has 1 heterocycles. The van der Waals surface area contributed by atoms with Crippen LogP contribution in [0.5, 0.6) is 5.75 Å². The van der Waals surface area contributed by atoms with Gasteiger partial charge in [-0.15, -0.1) is 0 Å². The third kappa shape index (κ3) is 2.94. The Hall–Kier alpha value is -1.27. The average Bonchev–Trinajstić information content (AvgIpc) is 2.61. The van der Waals surface area contributed by atoms with Crippen LogP contribution in [0.25, 0.3) is 6.08 Å². The third-order valence-electron chi connectivity index (χ3n) is 2.20. The predicted octanol–water partition coefficient (Wildman–Crippen LogP) is 3.17. The maximum Gasteiger partial charge on any atom is 0.290 e. The summed E-state index contributed by atoms with van der Waals surface area (Å²) >= 11 is 4.26. The Labute approximate surface area is 117 Å². The van der Waals surface area contributed by atoms with Crippen LogP contribution in [0.4, 0.5) is 4.79 Å². The Kier molecular flexibility index (Phi) is 4.08. The van der Waals surface area contributed by atoms with Gasteiger partial charge < -0.3 is 4.74 Å². The Balaban J connectivity index is 2.38. The zero-order valence-electron chi connectivity index (χ0n) is 9.53. The number of amides is 2. The average molecular weight is 328 g/mol. The van der Waals surface area contributed by atoms with Gasteiger partial charge in [0.2, 0.25) is 0 Å². The van der Waals surface area contributed by atoms with Crippen LogP contribution in [0.15, 0.2) is 27.6 Å². The Bertz CT molecular complexity index is 542. The van der Waals surface area contributed by atoms with Gasteiger partial charge in [-0.2, -0.15) is 0 Å². The first-order valence-electron chi connectivity index (χ1n) is 5.27. The SMILES string of the molecule is CCOc1ccc(Br)cc1/C=C1/SC(=O)NC1=O. The van der Waals surface area contributed by atoms with Gasteiger partial charge in [-0.05, 0) is 43.0 Å². The molecule has 1 aromatic rings. The molecule has 0 aliphatic carbocycles. The number of hydrogen-bond donors (Lipinski definition) is 1. The highest BCUT2D eigenvalue weighted by atomic mass is 79.9. The van der Waals surface area contributed by atoms with Crippen LogP contribution in [-0.4, -0.2) is 17.8 Å². The van der Waals surface area contributed by atoms with Gasteiger partial charge in [-0.1, -0.05) is 15.9 Å². The molecule has 1 fully saturated rings. The fourth-order valence-electron chi connectivity index (χ4n) is 1.48. The van der Waals surface area contributed by atoms with Crippen LogP contribution in [0, 0.1) is 0 Å². The molecule has 1 aliphatic rings. The first-order valence-corrected chi connectivity index (χ1v) is 6.88. The standard InChI is InChI=1S/C12H10BrNO3S/c1-2-17-9-4-3-8(13)5-7(9)6-10-11(15)14-12(16)18-10/h3-6H,2H2,1H3,(H,14,15,16)/b10-6+. The molecule has 4 nitrogen and oxygen atoms in total. The summed E-state index contributed by atoms with van der Waals surface area (Å²) < 4.78 is 6.36. The van der Waals surface area contributed by atoms with Crippen LogP contribution in [0.1, 0.15) is 12.5 Å². The van der Waals surface area contributed by atoms with Gasteiger partial charge in [0.05, 0.1) is 11.5 Å². The van der Waals surface area contributed by atoms with Crippen molar-refractivity contribution in [2.75, 3.05) is 6.61 Å². The molecule has 2 amide bonds. The highest BCUT2D eigenvalue weighted by Gasteiger charge is 2.25. The Morgan fingerprint density at radius 2 is 2.22 bits per heavy atom. The van der Waals surface area contributed by atoms with E-state index in [1.54, 1.807) is 6.08 Å². The van der Waals surface area contributed by atoms with Gasteiger partial charge in [0.1, 0.15) is 5.75 Å². The largest absolute Gasteiger partial charge is 0.493 e. The van der Waals surface area contributed by atoms with E-state index in [1.807, 2.05) is 25.1 Å². The van der Waals surface area contributed by atoms with Gasteiger partial charge in [0.25, 0.3) is 11.1 Å². The highest BCUT2D eigenvalue weighted by molar-refractivity contribution is 9.10. The van der Waals surface area contributed by atoms with Crippen molar-refractivity contribution >= 4 is 44.9 Å². The van der Waals surface area contributed by atoms with E-state index in [4.69, 9.17) is 4.74 Å². The number of imide groups is 1. The molecule has 0 saturated carbocycles. The highest BCUT2D eigenvalue weighted by Crippen LogP contribution is 2.30. The molecule has 2 rings (SSSR count). The van der Waals surface area contributed by atoms with E-state index in [0.717, 1.165) is 21.8 Å². The number of halogens is 1. The summed E-state index contributed by atoms with van der Waals surface area (Å²) in [4.78, 5) is 22.9. The van der Waals surface area contributed by atoms with Crippen molar-refractivity contribution in [2.24, 2.45) is 0 Å². The van der Waals surface area contributed by atoms with E-state index in [0.29, 0.717) is 17.3 Å².